The van der Waals surface area contributed by atoms with Gasteiger partial charge in [0.1, 0.15) is 0 Å². The monoisotopic (exact) mass is 692 g/mol. The van der Waals surface area contributed by atoms with Crippen molar-refractivity contribution in [1.29, 1.82) is 0 Å². The Morgan fingerprint density at radius 2 is 1.28 bits per heavy atom. The van der Waals surface area contributed by atoms with Crippen molar-refractivity contribution in [2.24, 2.45) is 5.92 Å². The van der Waals surface area contributed by atoms with Gasteiger partial charge >= 0.3 is 30.4 Å². The van der Waals surface area contributed by atoms with Crippen molar-refractivity contribution in [3.8, 4) is 0 Å². The zero-order valence-electron chi connectivity index (χ0n) is 23.0. The van der Waals surface area contributed by atoms with Crippen molar-refractivity contribution in [3.05, 3.63) is 94.3 Å². The second-order valence-electron chi connectivity index (χ2n) is 10.4. The molecule has 0 saturated heterocycles. The molecule has 0 spiro atoms. The van der Waals surface area contributed by atoms with E-state index in [4.69, 9.17) is 0 Å². The second kappa shape index (κ2) is 12.0. The van der Waals surface area contributed by atoms with Crippen LogP contribution in [0.3, 0.4) is 0 Å². The van der Waals surface area contributed by atoms with Gasteiger partial charge in [-0.3, -0.25) is 9.59 Å². The molecule has 1 aliphatic carbocycles. The Kier molecular flexibility index (Phi) is 9.06. The summed E-state index contributed by atoms with van der Waals surface area (Å²) in [6, 6.07) is 4.42. The highest BCUT2D eigenvalue weighted by atomic mass is 19.4. The van der Waals surface area contributed by atoms with Gasteiger partial charge in [0.15, 0.2) is 5.82 Å². The molecule has 1 N–H and O–H groups in total. The number of carbonyl (C=O) groups excluding carboxylic acids is 2. The molecule has 1 aliphatic rings. The Bertz CT molecular complexity index is 1640. The molecule has 3 aromatic carbocycles. The summed E-state index contributed by atoms with van der Waals surface area (Å²) in [4.78, 5) is 27.0. The number of nitrogens with one attached hydrogen (secondary N) is 1. The smallest absolute Gasteiger partial charge is 0.321 e. The van der Waals surface area contributed by atoms with Crippen LogP contribution in [-0.4, -0.2) is 30.7 Å². The van der Waals surface area contributed by atoms with Crippen LogP contribution in [0.4, 0.5) is 72.8 Å². The molecule has 47 heavy (non-hydrogen) atoms. The van der Waals surface area contributed by atoms with E-state index >= 15 is 4.39 Å². The minimum absolute atomic E-state index is 0.0723. The highest BCUT2D eigenvalue weighted by Crippen LogP contribution is 2.54. The lowest BCUT2D eigenvalue weighted by Crippen LogP contribution is -2.50. The highest BCUT2D eigenvalue weighted by Gasteiger charge is 2.73. The molecule has 18 heteroatoms. The maximum Gasteiger partial charge on any atom is 0.435 e. The number of amides is 2. The summed E-state index contributed by atoms with van der Waals surface area (Å²) >= 11 is 0. The van der Waals surface area contributed by atoms with Gasteiger partial charge in [0, 0.05) is 17.7 Å². The lowest BCUT2D eigenvalue weighted by Gasteiger charge is -2.31. The number of hydrogen-bond donors (Lipinski definition) is 1. The first-order valence-corrected chi connectivity index (χ1v) is 13.1. The van der Waals surface area contributed by atoms with Crippen LogP contribution < -0.4 is 10.2 Å². The Balaban J connectivity index is 1.71. The zero-order chi connectivity index (χ0) is 35.3. The Morgan fingerprint density at radius 1 is 0.723 bits per heavy atom. The molecule has 0 aromatic heterocycles. The van der Waals surface area contributed by atoms with Crippen LogP contribution in [0.25, 0.3) is 0 Å². The van der Waals surface area contributed by atoms with Gasteiger partial charge in [0.25, 0.3) is 11.8 Å². The molecule has 3 aromatic rings. The quantitative estimate of drug-likeness (QED) is 0.251. The molecule has 0 unspecified atom stereocenters. The second-order valence-corrected chi connectivity index (χ2v) is 10.4. The number of carbonyl (C=O) groups is 2. The number of anilines is 2. The third-order valence-electron chi connectivity index (χ3n) is 7.11. The predicted molar refractivity (Wildman–Crippen MR) is 137 cm³/mol. The summed E-state index contributed by atoms with van der Waals surface area (Å²) in [6.45, 7) is -0.176. The molecule has 254 valence electrons. The maximum atomic E-state index is 15.7. The van der Waals surface area contributed by atoms with Gasteiger partial charge in [-0.15, -0.1) is 0 Å². The van der Waals surface area contributed by atoms with E-state index in [1.54, 1.807) is 0 Å². The largest absolute Gasteiger partial charge is 0.435 e. The fourth-order valence-electron chi connectivity index (χ4n) is 4.49. The lowest BCUT2D eigenvalue weighted by molar-refractivity contribution is -0.348. The van der Waals surface area contributed by atoms with Crippen molar-refractivity contribution in [1.82, 2.24) is 0 Å². The van der Waals surface area contributed by atoms with Gasteiger partial charge < -0.3 is 10.2 Å². The van der Waals surface area contributed by atoms with E-state index in [2.05, 4.69) is 0 Å². The number of halogens is 14. The molecule has 1 saturated carbocycles. The van der Waals surface area contributed by atoms with Crippen molar-refractivity contribution < 1.29 is 71.1 Å². The minimum Gasteiger partial charge on any atom is -0.321 e. The first-order valence-electron chi connectivity index (χ1n) is 13.1. The van der Waals surface area contributed by atoms with Gasteiger partial charge in [0.05, 0.1) is 28.1 Å². The van der Waals surface area contributed by atoms with E-state index in [9.17, 15) is 66.7 Å². The van der Waals surface area contributed by atoms with Gasteiger partial charge in [-0.25, -0.2) is 8.78 Å². The van der Waals surface area contributed by atoms with Crippen LogP contribution in [0.5, 0.6) is 0 Å². The molecule has 0 bridgehead atoms. The van der Waals surface area contributed by atoms with Crippen LogP contribution in [0.1, 0.15) is 50.2 Å². The predicted octanol–water partition coefficient (Wildman–Crippen LogP) is 9.46. The van der Waals surface area contributed by atoms with Crippen LogP contribution in [0.2, 0.25) is 0 Å². The summed E-state index contributed by atoms with van der Waals surface area (Å²) in [5, 5.41) is 1.54. The van der Waals surface area contributed by atoms with E-state index in [0.717, 1.165) is 35.2 Å². The van der Waals surface area contributed by atoms with Gasteiger partial charge in [-0.2, -0.15) is 52.7 Å². The minimum atomic E-state index is -6.74. The van der Waals surface area contributed by atoms with E-state index in [0.29, 0.717) is 25.0 Å². The lowest BCUT2D eigenvalue weighted by atomic mass is 9.92. The Morgan fingerprint density at radius 3 is 1.77 bits per heavy atom. The average Bonchev–Trinajstić information content (AvgIpc) is 3.78. The number of nitrogens with zero attached hydrogens (tertiary/aromatic N) is 1. The van der Waals surface area contributed by atoms with Crippen LogP contribution in [-0.2, 0) is 18.0 Å². The first kappa shape index (κ1) is 35.5. The number of alkyl halides is 13. The van der Waals surface area contributed by atoms with Crippen molar-refractivity contribution >= 4 is 23.2 Å². The van der Waals surface area contributed by atoms with Crippen LogP contribution >= 0.6 is 0 Å². The zero-order valence-corrected chi connectivity index (χ0v) is 23.0. The summed E-state index contributed by atoms with van der Waals surface area (Å²) in [6.07, 6.45) is -22.8. The Labute approximate surface area is 255 Å². The number of hydrogen-bond acceptors (Lipinski definition) is 2. The molecular weight excluding hydrogens is 674 g/mol. The maximum absolute atomic E-state index is 15.7. The normalized spacial score (nSPS) is 14.6. The summed E-state index contributed by atoms with van der Waals surface area (Å²) in [5.41, 5.74) is -15.6. The number of benzene rings is 3. The van der Waals surface area contributed by atoms with Crippen molar-refractivity contribution in [2.75, 3.05) is 16.8 Å². The summed E-state index contributed by atoms with van der Waals surface area (Å²) in [5.74, 6) is -4.38. The van der Waals surface area contributed by atoms with E-state index in [-0.39, 0.29) is 30.2 Å². The van der Waals surface area contributed by atoms with E-state index in [1.807, 2.05) is 0 Å². The SMILES string of the molecule is O=C(Nc1ccc(C(F)(C(F)(F)F)C(F)(F)F)cc1C(F)(F)F)c1cccc(N(CC2CC2)C(=O)c2ccc(C(F)(F)F)cc2)c1F. The molecule has 0 heterocycles. The highest BCUT2D eigenvalue weighted by molar-refractivity contribution is 6.09. The summed E-state index contributed by atoms with van der Waals surface area (Å²) in [7, 11) is 0. The molecule has 0 atom stereocenters. The Hall–Kier alpha value is -4.38. The van der Waals surface area contributed by atoms with Crippen LogP contribution in [0, 0.1) is 11.7 Å². The van der Waals surface area contributed by atoms with Crippen molar-refractivity contribution in [2.45, 2.75) is 43.2 Å². The van der Waals surface area contributed by atoms with E-state index < -0.39 is 87.7 Å². The molecule has 1 fully saturated rings. The fourth-order valence-corrected chi connectivity index (χ4v) is 4.49. The third-order valence-corrected chi connectivity index (χ3v) is 7.11. The molecule has 0 radical (unpaired) electrons. The molecular formula is C29H18F14N2O2. The van der Waals surface area contributed by atoms with Gasteiger partial charge in [-0.05, 0) is 67.3 Å². The summed E-state index contributed by atoms with van der Waals surface area (Å²) < 4.78 is 189. The van der Waals surface area contributed by atoms with E-state index in [1.165, 1.54) is 5.32 Å². The van der Waals surface area contributed by atoms with Crippen molar-refractivity contribution in [3.63, 3.8) is 0 Å². The van der Waals surface area contributed by atoms with Gasteiger partial charge in [-0.1, -0.05) is 12.1 Å². The average molecular weight is 692 g/mol. The molecule has 0 aliphatic heterocycles. The molecule has 4 nitrogen and oxygen atoms in total. The first-order chi connectivity index (χ1) is 21.5. The molecule has 4 rings (SSSR count). The number of rotatable bonds is 7. The van der Waals surface area contributed by atoms with Crippen LogP contribution in [0.15, 0.2) is 60.7 Å². The fraction of sp³-hybridized carbons (Fsp3) is 0.310. The standard InChI is InChI=1S/C29H18F14N2O2/c30-22-18(2-1-3-21(22)45(13-14-4-5-14)24(47)15-6-8-16(9-7-15)26(32,33)34)23(46)44-20-11-10-17(12-19(20)27(35,36)37)25(31,28(38,39)40)29(41,42)43/h1-3,6-12,14H,4-5,13H2,(H,44,46). The topological polar surface area (TPSA) is 49.4 Å². The van der Waals surface area contributed by atoms with Gasteiger partial charge in [0.2, 0.25) is 0 Å². The molecule has 2 amide bonds. The third kappa shape index (κ3) is 7.15.